The minimum atomic E-state index is -0.373. The zero-order chi connectivity index (χ0) is 20.3. The van der Waals surface area contributed by atoms with E-state index in [9.17, 15) is 9.59 Å². The second-order valence-electron chi connectivity index (χ2n) is 6.59. The predicted molar refractivity (Wildman–Crippen MR) is 112 cm³/mol. The summed E-state index contributed by atoms with van der Waals surface area (Å²) in [6, 6.07) is 14.0. The molecule has 0 fully saturated rings. The first kappa shape index (κ1) is 19.6. The Morgan fingerprint density at radius 3 is 2.25 bits per heavy atom. The van der Waals surface area contributed by atoms with Crippen molar-refractivity contribution in [2.45, 2.75) is 20.8 Å². The molecule has 142 valence electrons. The number of anilines is 2. The number of amides is 2. The van der Waals surface area contributed by atoms with Crippen molar-refractivity contribution in [1.82, 2.24) is 4.98 Å². The third-order valence-corrected chi connectivity index (χ3v) is 4.62. The minimum absolute atomic E-state index is 0.159. The average molecular weight is 394 g/mol. The van der Waals surface area contributed by atoms with Crippen LogP contribution in [0.3, 0.4) is 0 Å². The summed E-state index contributed by atoms with van der Waals surface area (Å²) >= 11 is 6.08. The van der Waals surface area contributed by atoms with Crippen molar-refractivity contribution < 1.29 is 9.59 Å². The molecule has 6 heteroatoms. The van der Waals surface area contributed by atoms with Crippen LogP contribution in [0.4, 0.5) is 11.4 Å². The molecule has 1 aromatic heterocycles. The second-order valence-corrected chi connectivity index (χ2v) is 7.00. The number of rotatable bonds is 4. The summed E-state index contributed by atoms with van der Waals surface area (Å²) in [5.41, 5.74) is 4.80. The lowest BCUT2D eigenvalue weighted by Crippen LogP contribution is -2.18. The number of halogens is 1. The molecule has 1 heterocycles. The van der Waals surface area contributed by atoms with E-state index in [1.807, 2.05) is 32.9 Å². The largest absolute Gasteiger partial charge is 0.321 e. The van der Waals surface area contributed by atoms with E-state index in [1.165, 1.54) is 12.3 Å². The molecule has 2 aromatic carbocycles. The molecule has 0 aliphatic heterocycles. The Kier molecular flexibility index (Phi) is 5.76. The molecule has 0 saturated heterocycles. The van der Waals surface area contributed by atoms with Gasteiger partial charge in [0, 0.05) is 17.4 Å². The fraction of sp³-hybridized carbons (Fsp3) is 0.136. The van der Waals surface area contributed by atoms with Gasteiger partial charge in [0.05, 0.1) is 10.7 Å². The lowest BCUT2D eigenvalue weighted by molar-refractivity contribution is 0.102. The predicted octanol–water partition coefficient (Wildman–Crippen LogP) is 5.16. The number of aromatic nitrogens is 1. The highest BCUT2D eigenvalue weighted by Gasteiger charge is 2.15. The van der Waals surface area contributed by atoms with Crippen molar-refractivity contribution in [2.75, 3.05) is 10.6 Å². The molecule has 28 heavy (non-hydrogen) atoms. The number of carbonyl (C=O) groups excluding carboxylic acids is 2. The van der Waals surface area contributed by atoms with Gasteiger partial charge in [-0.25, -0.2) is 0 Å². The monoisotopic (exact) mass is 393 g/mol. The smallest absolute Gasteiger partial charge is 0.274 e. The van der Waals surface area contributed by atoms with E-state index in [4.69, 9.17) is 11.6 Å². The van der Waals surface area contributed by atoms with Crippen LogP contribution >= 0.6 is 11.6 Å². The molecule has 0 aliphatic rings. The number of para-hydroxylation sites is 1. The number of nitrogens with zero attached hydrogens (tertiary/aromatic N) is 1. The number of carbonyl (C=O) groups is 2. The van der Waals surface area contributed by atoms with E-state index in [0.29, 0.717) is 16.3 Å². The summed E-state index contributed by atoms with van der Waals surface area (Å²) < 4.78 is 0. The van der Waals surface area contributed by atoms with E-state index >= 15 is 0 Å². The lowest BCUT2D eigenvalue weighted by atomic mass is 10.0. The van der Waals surface area contributed by atoms with Crippen molar-refractivity contribution in [3.8, 4) is 0 Å². The van der Waals surface area contributed by atoms with Gasteiger partial charge >= 0.3 is 0 Å². The molecule has 0 spiro atoms. The number of pyridine rings is 1. The normalized spacial score (nSPS) is 10.4. The maximum absolute atomic E-state index is 12.7. The molecule has 0 atom stereocenters. The first-order chi connectivity index (χ1) is 13.3. The molecule has 0 saturated carbocycles. The highest BCUT2D eigenvalue weighted by Crippen LogP contribution is 2.23. The Morgan fingerprint density at radius 2 is 1.57 bits per heavy atom. The number of nitrogens with one attached hydrogen (secondary N) is 2. The van der Waals surface area contributed by atoms with Crippen LogP contribution in [-0.4, -0.2) is 16.8 Å². The van der Waals surface area contributed by atoms with Gasteiger partial charge in [-0.2, -0.15) is 0 Å². The van der Waals surface area contributed by atoms with Crippen LogP contribution in [-0.2, 0) is 0 Å². The van der Waals surface area contributed by atoms with Crippen LogP contribution in [0.15, 0.2) is 54.7 Å². The molecule has 2 N–H and O–H groups in total. The van der Waals surface area contributed by atoms with Crippen LogP contribution in [0.2, 0.25) is 5.02 Å². The van der Waals surface area contributed by atoms with E-state index in [2.05, 4.69) is 15.6 Å². The number of hydrogen-bond acceptors (Lipinski definition) is 3. The Morgan fingerprint density at radius 1 is 0.893 bits per heavy atom. The highest BCUT2D eigenvalue weighted by atomic mass is 35.5. The summed E-state index contributed by atoms with van der Waals surface area (Å²) in [4.78, 5) is 29.3. The van der Waals surface area contributed by atoms with Gasteiger partial charge in [0.2, 0.25) is 0 Å². The molecule has 2 amide bonds. The van der Waals surface area contributed by atoms with Crippen LogP contribution < -0.4 is 10.6 Å². The molecular formula is C22H20ClN3O2. The molecule has 0 bridgehead atoms. The fourth-order valence-electron chi connectivity index (χ4n) is 3.01. The van der Waals surface area contributed by atoms with Crippen molar-refractivity contribution >= 4 is 34.8 Å². The third-order valence-electron chi connectivity index (χ3n) is 4.29. The van der Waals surface area contributed by atoms with E-state index in [-0.39, 0.29) is 17.5 Å². The molecule has 0 unspecified atom stereocenters. The molecule has 3 aromatic rings. The summed E-state index contributed by atoms with van der Waals surface area (Å²) in [6.07, 6.45) is 1.44. The van der Waals surface area contributed by atoms with Gasteiger partial charge in [-0.15, -0.1) is 0 Å². The standard InChI is InChI=1S/C22H20ClN3O2/c1-13-10-14(2)20(15(3)11-13)26-22(28)19-12-16(8-9-24-19)21(27)25-18-7-5-4-6-17(18)23/h4-12H,1-3H3,(H,25,27)(H,26,28). The molecule has 5 nitrogen and oxygen atoms in total. The molecular weight excluding hydrogens is 374 g/mol. The average Bonchev–Trinajstić information content (AvgIpc) is 2.66. The van der Waals surface area contributed by atoms with Gasteiger partial charge in [0.25, 0.3) is 11.8 Å². The minimum Gasteiger partial charge on any atom is -0.321 e. The van der Waals surface area contributed by atoms with Crippen molar-refractivity contribution in [2.24, 2.45) is 0 Å². The summed E-state index contributed by atoms with van der Waals surface area (Å²) in [7, 11) is 0. The summed E-state index contributed by atoms with van der Waals surface area (Å²) in [5.74, 6) is -0.741. The second kappa shape index (κ2) is 8.23. The van der Waals surface area contributed by atoms with Gasteiger partial charge in [0.15, 0.2) is 0 Å². The zero-order valence-corrected chi connectivity index (χ0v) is 16.6. The van der Waals surface area contributed by atoms with E-state index < -0.39 is 0 Å². The van der Waals surface area contributed by atoms with E-state index in [1.54, 1.807) is 30.3 Å². The maximum Gasteiger partial charge on any atom is 0.274 e. The number of aryl methyl sites for hydroxylation is 3. The SMILES string of the molecule is Cc1cc(C)c(NC(=O)c2cc(C(=O)Nc3ccccc3Cl)ccn2)c(C)c1. The first-order valence-electron chi connectivity index (χ1n) is 8.76. The van der Waals surface area contributed by atoms with E-state index in [0.717, 1.165) is 22.4 Å². The number of hydrogen-bond donors (Lipinski definition) is 2. The fourth-order valence-corrected chi connectivity index (χ4v) is 3.19. The highest BCUT2D eigenvalue weighted by molar-refractivity contribution is 6.33. The molecule has 0 aliphatic carbocycles. The van der Waals surface area contributed by atoms with Crippen molar-refractivity contribution in [3.05, 3.63) is 87.7 Å². The van der Waals surface area contributed by atoms with Crippen LogP contribution in [0, 0.1) is 20.8 Å². The zero-order valence-electron chi connectivity index (χ0n) is 15.8. The maximum atomic E-state index is 12.7. The number of benzene rings is 2. The van der Waals surface area contributed by atoms with Crippen LogP contribution in [0.25, 0.3) is 0 Å². The molecule has 0 radical (unpaired) electrons. The molecule has 3 rings (SSSR count). The first-order valence-corrected chi connectivity index (χ1v) is 9.14. The van der Waals surface area contributed by atoms with Gasteiger partial charge < -0.3 is 10.6 Å². The lowest BCUT2D eigenvalue weighted by Gasteiger charge is -2.13. The van der Waals surface area contributed by atoms with Gasteiger partial charge in [-0.1, -0.05) is 41.4 Å². The Hall–Kier alpha value is -3.18. The van der Waals surface area contributed by atoms with Crippen LogP contribution in [0.5, 0.6) is 0 Å². The Labute approximate surface area is 168 Å². The Balaban J connectivity index is 1.80. The summed E-state index contributed by atoms with van der Waals surface area (Å²) in [6.45, 7) is 5.89. The van der Waals surface area contributed by atoms with Gasteiger partial charge in [-0.3, -0.25) is 14.6 Å². The topological polar surface area (TPSA) is 71.1 Å². The van der Waals surface area contributed by atoms with Gasteiger partial charge in [0.1, 0.15) is 5.69 Å². The van der Waals surface area contributed by atoms with Crippen molar-refractivity contribution in [1.29, 1.82) is 0 Å². The quantitative estimate of drug-likeness (QED) is 0.642. The summed E-state index contributed by atoms with van der Waals surface area (Å²) in [5, 5.41) is 6.07. The Bertz CT molecular complexity index is 1040. The third kappa shape index (κ3) is 4.38. The van der Waals surface area contributed by atoms with Crippen molar-refractivity contribution in [3.63, 3.8) is 0 Å². The van der Waals surface area contributed by atoms with Crippen LogP contribution in [0.1, 0.15) is 37.5 Å². The van der Waals surface area contributed by atoms with Gasteiger partial charge in [-0.05, 0) is 56.2 Å².